The number of carboxylic acid groups (broad SMARTS) is 1. The molecule has 126 valence electrons. The Hall–Kier alpha value is -1.46. The molecule has 0 unspecified atom stereocenters. The maximum Gasteiger partial charge on any atom is 0.303 e. The second-order valence-electron chi connectivity index (χ2n) is 6.89. The number of aromatic nitrogens is 1. The van der Waals surface area contributed by atoms with Crippen molar-refractivity contribution in [3.8, 4) is 0 Å². The number of hydrogen-bond donors (Lipinski definition) is 1. The molecule has 2 fully saturated rings. The van der Waals surface area contributed by atoms with Gasteiger partial charge in [-0.3, -0.25) is 14.7 Å². The first kappa shape index (κ1) is 16.4. The molecule has 0 aliphatic carbocycles. The van der Waals surface area contributed by atoms with Gasteiger partial charge < -0.3 is 10.0 Å². The normalized spacial score (nSPS) is 26.4. The van der Waals surface area contributed by atoms with Crippen LogP contribution in [-0.4, -0.2) is 58.1 Å². The highest BCUT2D eigenvalue weighted by Crippen LogP contribution is 2.29. The Bertz CT molecular complexity index is 502. The first-order valence-electron chi connectivity index (χ1n) is 8.79. The number of carboxylic acids is 1. The third-order valence-corrected chi connectivity index (χ3v) is 5.25. The molecular weight excluding hydrogens is 290 g/mol. The smallest absolute Gasteiger partial charge is 0.303 e. The van der Waals surface area contributed by atoms with Crippen molar-refractivity contribution in [1.82, 2.24) is 14.8 Å². The zero-order valence-electron chi connectivity index (χ0n) is 13.7. The monoisotopic (exact) mass is 317 g/mol. The number of piperidine rings is 1. The van der Waals surface area contributed by atoms with Gasteiger partial charge in [0, 0.05) is 37.9 Å². The molecule has 0 bridgehead atoms. The summed E-state index contributed by atoms with van der Waals surface area (Å²) in [6.45, 7) is 5.40. The van der Waals surface area contributed by atoms with Crippen LogP contribution in [0.3, 0.4) is 0 Å². The van der Waals surface area contributed by atoms with Crippen LogP contribution in [0.25, 0.3) is 0 Å². The molecule has 3 heterocycles. The summed E-state index contributed by atoms with van der Waals surface area (Å²) in [7, 11) is 0. The number of aliphatic carboxylic acids is 1. The van der Waals surface area contributed by atoms with Crippen LogP contribution in [0.5, 0.6) is 0 Å². The van der Waals surface area contributed by atoms with Crippen LogP contribution in [0.15, 0.2) is 24.5 Å². The summed E-state index contributed by atoms with van der Waals surface area (Å²) in [6, 6.07) is 4.67. The fourth-order valence-electron chi connectivity index (χ4n) is 4.14. The molecule has 1 aromatic heterocycles. The number of carbonyl (C=O) groups is 1. The second-order valence-corrected chi connectivity index (χ2v) is 6.89. The topological polar surface area (TPSA) is 56.7 Å². The number of rotatable bonds is 6. The lowest BCUT2D eigenvalue weighted by atomic mass is 9.87. The Kier molecular flexibility index (Phi) is 5.62. The van der Waals surface area contributed by atoms with Gasteiger partial charge in [-0.05, 0) is 62.9 Å². The van der Waals surface area contributed by atoms with Crippen molar-refractivity contribution in [3.05, 3.63) is 30.1 Å². The number of hydrogen-bond acceptors (Lipinski definition) is 4. The van der Waals surface area contributed by atoms with Gasteiger partial charge >= 0.3 is 5.97 Å². The third kappa shape index (κ3) is 4.52. The van der Waals surface area contributed by atoms with Gasteiger partial charge in [0.25, 0.3) is 0 Å². The quantitative estimate of drug-likeness (QED) is 0.872. The molecule has 1 N–H and O–H groups in total. The van der Waals surface area contributed by atoms with E-state index in [4.69, 9.17) is 5.11 Å². The summed E-state index contributed by atoms with van der Waals surface area (Å²) in [5.41, 5.74) is 1.24. The van der Waals surface area contributed by atoms with Gasteiger partial charge in [-0.25, -0.2) is 0 Å². The van der Waals surface area contributed by atoms with Crippen LogP contribution in [0, 0.1) is 5.92 Å². The molecule has 0 aromatic carbocycles. The predicted molar refractivity (Wildman–Crippen MR) is 89.1 cm³/mol. The maximum atomic E-state index is 11.0. The van der Waals surface area contributed by atoms with Gasteiger partial charge in [0.1, 0.15) is 0 Å². The van der Waals surface area contributed by atoms with E-state index in [0.29, 0.717) is 12.0 Å². The fourth-order valence-corrected chi connectivity index (χ4v) is 4.14. The zero-order chi connectivity index (χ0) is 16.1. The van der Waals surface area contributed by atoms with E-state index in [2.05, 4.69) is 20.9 Å². The van der Waals surface area contributed by atoms with Crippen LogP contribution in [0.1, 0.15) is 37.7 Å². The maximum absolute atomic E-state index is 11.0. The minimum absolute atomic E-state index is 0.287. The molecule has 0 radical (unpaired) electrons. The Labute approximate surface area is 138 Å². The Morgan fingerprint density at radius 3 is 2.83 bits per heavy atom. The van der Waals surface area contributed by atoms with E-state index in [-0.39, 0.29) is 6.42 Å². The molecule has 2 aliphatic heterocycles. The minimum Gasteiger partial charge on any atom is -0.481 e. The minimum atomic E-state index is -0.672. The first-order valence-corrected chi connectivity index (χ1v) is 8.79. The average molecular weight is 317 g/mol. The lowest BCUT2D eigenvalue weighted by molar-refractivity contribution is -0.137. The van der Waals surface area contributed by atoms with Gasteiger partial charge in [-0.15, -0.1) is 0 Å². The molecule has 5 heteroatoms. The van der Waals surface area contributed by atoms with Crippen LogP contribution >= 0.6 is 0 Å². The molecule has 0 saturated carbocycles. The number of likely N-dealkylation sites (tertiary alicyclic amines) is 2. The van der Waals surface area contributed by atoms with Crippen LogP contribution < -0.4 is 0 Å². The van der Waals surface area contributed by atoms with Gasteiger partial charge in [0.15, 0.2) is 0 Å². The van der Waals surface area contributed by atoms with E-state index in [1.807, 2.05) is 12.3 Å². The highest BCUT2D eigenvalue weighted by molar-refractivity contribution is 5.66. The highest BCUT2D eigenvalue weighted by Gasteiger charge is 2.34. The average Bonchev–Trinajstić information content (AvgIpc) is 3.08. The second kappa shape index (κ2) is 7.88. The molecule has 0 amide bonds. The molecule has 1 aromatic rings. The molecule has 0 spiro atoms. The zero-order valence-corrected chi connectivity index (χ0v) is 13.7. The molecule has 23 heavy (non-hydrogen) atoms. The van der Waals surface area contributed by atoms with Gasteiger partial charge in [-0.1, -0.05) is 6.07 Å². The van der Waals surface area contributed by atoms with Crippen molar-refractivity contribution in [3.63, 3.8) is 0 Å². The van der Waals surface area contributed by atoms with E-state index >= 15 is 0 Å². The standard InChI is InChI=1S/C18H27N3O2/c22-18(23)6-5-16-14-20(13-15-4-3-8-19-12-15)11-7-17(16)21-9-1-2-10-21/h3-4,8,12,16-17H,1-2,5-7,9-11,13-14H2,(H,22,23)/t16-,17+/m0/s1. The van der Waals surface area contributed by atoms with E-state index < -0.39 is 5.97 Å². The Morgan fingerprint density at radius 1 is 1.30 bits per heavy atom. The lowest BCUT2D eigenvalue weighted by Gasteiger charge is -2.42. The van der Waals surface area contributed by atoms with Crippen LogP contribution in [0.4, 0.5) is 0 Å². The van der Waals surface area contributed by atoms with Crippen molar-refractivity contribution >= 4 is 5.97 Å². The van der Waals surface area contributed by atoms with Gasteiger partial charge in [0.2, 0.25) is 0 Å². The van der Waals surface area contributed by atoms with Crippen molar-refractivity contribution < 1.29 is 9.90 Å². The van der Waals surface area contributed by atoms with E-state index in [1.54, 1.807) is 6.20 Å². The molecule has 2 atom stereocenters. The summed E-state index contributed by atoms with van der Waals surface area (Å²) < 4.78 is 0. The van der Waals surface area contributed by atoms with Crippen molar-refractivity contribution in [2.45, 2.75) is 44.7 Å². The number of nitrogens with zero attached hydrogens (tertiary/aromatic N) is 3. The summed E-state index contributed by atoms with van der Waals surface area (Å²) in [4.78, 5) is 20.3. The van der Waals surface area contributed by atoms with Crippen molar-refractivity contribution in [2.24, 2.45) is 5.92 Å². The Balaban J connectivity index is 1.62. The largest absolute Gasteiger partial charge is 0.481 e. The summed E-state index contributed by atoms with van der Waals surface area (Å²) in [5, 5.41) is 9.06. The molecule has 2 saturated heterocycles. The predicted octanol–water partition coefficient (Wildman–Crippen LogP) is 2.23. The van der Waals surface area contributed by atoms with E-state index in [1.165, 1.54) is 31.5 Å². The first-order chi connectivity index (χ1) is 11.2. The van der Waals surface area contributed by atoms with Crippen LogP contribution in [-0.2, 0) is 11.3 Å². The molecular formula is C18H27N3O2. The number of pyridine rings is 1. The van der Waals surface area contributed by atoms with E-state index in [0.717, 1.165) is 32.5 Å². The Morgan fingerprint density at radius 2 is 2.13 bits per heavy atom. The van der Waals surface area contributed by atoms with Crippen molar-refractivity contribution in [2.75, 3.05) is 26.2 Å². The lowest BCUT2D eigenvalue weighted by Crippen LogP contribution is -2.50. The van der Waals surface area contributed by atoms with Crippen molar-refractivity contribution in [1.29, 1.82) is 0 Å². The summed E-state index contributed by atoms with van der Waals surface area (Å²) in [5.74, 6) is -0.204. The highest BCUT2D eigenvalue weighted by atomic mass is 16.4. The SMILES string of the molecule is O=C(O)CC[C@H]1CN(Cc2cccnc2)CC[C@H]1N1CCCC1. The molecule has 2 aliphatic rings. The van der Waals surface area contributed by atoms with Gasteiger partial charge in [-0.2, -0.15) is 0 Å². The fraction of sp³-hybridized carbons (Fsp3) is 0.667. The summed E-state index contributed by atoms with van der Waals surface area (Å²) >= 11 is 0. The molecule has 3 rings (SSSR count). The molecule has 5 nitrogen and oxygen atoms in total. The summed E-state index contributed by atoms with van der Waals surface area (Å²) in [6.07, 6.45) is 8.56. The van der Waals surface area contributed by atoms with E-state index in [9.17, 15) is 4.79 Å². The van der Waals surface area contributed by atoms with Gasteiger partial charge in [0.05, 0.1) is 0 Å². The third-order valence-electron chi connectivity index (χ3n) is 5.25. The van der Waals surface area contributed by atoms with Crippen LogP contribution in [0.2, 0.25) is 0 Å².